The van der Waals surface area contributed by atoms with Crippen LogP contribution in [0.1, 0.15) is 18.1 Å². The molecule has 4 heteroatoms. The van der Waals surface area contributed by atoms with Crippen molar-refractivity contribution >= 4 is 34.8 Å². The van der Waals surface area contributed by atoms with Gasteiger partial charge in [0.15, 0.2) is 0 Å². The number of rotatable bonds is 5. The molecule has 2 aromatic carbocycles. The minimum absolute atomic E-state index is 0.0838. The van der Waals surface area contributed by atoms with E-state index in [-0.39, 0.29) is 5.91 Å². The first-order valence-corrected chi connectivity index (χ1v) is 8.06. The Labute approximate surface area is 141 Å². The Bertz CT molecular complexity index is 641. The first-order chi connectivity index (χ1) is 10.5. The van der Waals surface area contributed by atoms with E-state index in [0.29, 0.717) is 6.54 Å². The average Bonchev–Trinajstić information content (AvgIpc) is 2.50. The highest BCUT2D eigenvalue weighted by Crippen LogP contribution is 2.19. The molecule has 0 aliphatic carbocycles. The fourth-order valence-electron chi connectivity index (χ4n) is 2.36. The summed E-state index contributed by atoms with van der Waals surface area (Å²) in [4.78, 5) is 14.1. The Kier molecular flexibility index (Phi) is 5.87. The summed E-state index contributed by atoms with van der Waals surface area (Å²) in [5, 5.41) is 0.179. The highest BCUT2D eigenvalue weighted by atomic mass is 35.5. The van der Waals surface area contributed by atoms with Gasteiger partial charge < -0.3 is 4.90 Å². The third-order valence-electron chi connectivity index (χ3n) is 3.58. The lowest BCUT2D eigenvalue weighted by Gasteiger charge is -2.24. The Morgan fingerprint density at radius 1 is 1.18 bits per heavy atom. The molecule has 1 unspecified atom stereocenters. The van der Waals surface area contributed by atoms with Gasteiger partial charge in [0.05, 0.1) is 0 Å². The number of benzene rings is 2. The molecule has 0 spiro atoms. The summed E-state index contributed by atoms with van der Waals surface area (Å²) in [5.74, 6) is -0.0838. The van der Waals surface area contributed by atoms with Crippen molar-refractivity contribution in [3.63, 3.8) is 0 Å². The van der Waals surface area contributed by atoms with Crippen LogP contribution in [0.25, 0.3) is 0 Å². The lowest BCUT2D eigenvalue weighted by molar-refractivity contribution is -0.118. The van der Waals surface area contributed by atoms with Gasteiger partial charge >= 0.3 is 0 Å². The normalized spacial score (nSPS) is 12.0. The quantitative estimate of drug-likeness (QED) is 0.715. The molecule has 0 aliphatic heterocycles. The SMILES string of the molecule is Cc1cc(Cl)ccc1CCN(C(=O)C(C)Cl)c1ccccc1. The van der Waals surface area contributed by atoms with Crippen molar-refractivity contribution < 1.29 is 4.79 Å². The van der Waals surface area contributed by atoms with E-state index in [2.05, 4.69) is 0 Å². The van der Waals surface area contributed by atoms with Crippen LogP contribution in [-0.4, -0.2) is 17.8 Å². The number of carbonyl (C=O) groups is 1. The molecule has 1 amide bonds. The van der Waals surface area contributed by atoms with Crippen molar-refractivity contribution in [2.75, 3.05) is 11.4 Å². The molecule has 2 rings (SSSR count). The highest BCUT2D eigenvalue weighted by Gasteiger charge is 2.20. The van der Waals surface area contributed by atoms with Crippen LogP contribution in [0, 0.1) is 6.92 Å². The monoisotopic (exact) mass is 335 g/mol. The maximum Gasteiger partial charge on any atom is 0.244 e. The summed E-state index contributed by atoms with van der Waals surface area (Å²) < 4.78 is 0. The molecule has 116 valence electrons. The fraction of sp³-hybridized carbons (Fsp3) is 0.278. The van der Waals surface area contributed by atoms with E-state index in [0.717, 1.165) is 22.7 Å². The second-order valence-corrected chi connectivity index (χ2v) is 6.35. The zero-order chi connectivity index (χ0) is 16.1. The van der Waals surface area contributed by atoms with Crippen molar-refractivity contribution in [3.8, 4) is 0 Å². The van der Waals surface area contributed by atoms with Gasteiger partial charge in [-0.25, -0.2) is 0 Å². The summed E-state index contributed by atoms with van der Waals surface area (Å²) in [6.07, 6.45) is 0.757. The van der Waals surface area contributed by atoms with Crippen molar-refractivity contribution in [2.24, 2.45) is 0 Å². The third kappa shape index (κ3) is 4.25. The molecule has 2 aromatic rings. The molecule has 0 N–H and O–H groups in total. The first kappa shape index (κ1) is 16.9. The lowest BCUT2D eigenvalue weighted by Crippen LogP contribution is -2.37. The highest BCUT2D eigenvalue weighted by molar-refractivity contribution is 6.32. The molecule has 0 fully saturated rings. The van der Waals surface area contributed by atoms with Crippen LogP contribution in [0.2, 0.25) is 5.02 Å². The van der Waals surface area contributed by atoms with Crippen LogP contribution in [0.3, 0.4) is 0 Å². The zero-order valence-corrected chi connectivity index (χ0v) is 14.2. The van der Waals surface area contributed by atoms with E-state index < -0.39 is 5.38 Å². The molecule has 0 aliphatic rings. The van der Waals surface area contributed by atoms with Crippen molar-refractivity contribution in [2.45, 2.75) is 25.6 Å². The van der Waals surface area contributed by atoms with E-state index >= 15 is 0 Å². The zero-order valence-electron chi connectivity index (χ0n) is 12.7. The number of alkyl halides is 1. The molecule has 0 saturated heterocycles. The van der Waals surface area contributed by atoms with Gasteiger partial charge in [-0.3, -0.25) is 4.79 Å². The Hall–Kier alpha value is -1.51. The number of para-hydroxylation sites is 1. The van der Waals surface area contributed by atoms with Crippen LogP contribution in [-0.2, 0) is 11.2 Å². The predicted octanol–water partition coefficient (Wildman–Crippen LogP) is 4.85. The molecule has 2 nitrogen and oxygen atoms in total. The molecular weight excluding hydrogens is 317 g/mol. The largest absolute Gasteiger partial charge is 0.311 e. The van der Waals surface area contributed by atoms with Gasteiger partial charge in [0, 0.05) is 17.3 Å². The fourth-order valence-corrected chi connectivity index (χ4v) is 2.71. The summed E-state index contributed by atoms with van der Waals surface area (Å²) in [7, 11) is 0. The number of anilines is 1. The minimum Gasteiger partial charge on any atom is -0.311 e. The molecule has 0 saturated carbocycles. The van der Waals surface area contributed by atoms with Gasteiger partial charge in [-0.1, -0.05) is 35.9 Å². The summed E-state index contributed by atoms with van der Waals surface area (Å²) in [6, 6.07) is 15.4. The molecule has 22 heavy (non-hydrogen) atoms. The van der Waals surface area contributed by atoms with Crippen molar-refractivity contribution in [1.82, 2.24) is 0 Å². The molecule has 0 heterocycles. The number of hydrogen-bond donors (Lipinski definition) is 0. The van der Waals surface area contributed by atoms with Crippen LogP contribution >= 0.6 is 23.2 Å². The maximum absolute atomic E-state index is 12.4. The Morgan fingerprint density at radius 3 is 2.45 bits per heavy atom. The molecule has 1 atom stereocenters. The number of nitrogens with zero attached hydrogens (tertiary/aromatic N) is 1. The second kappa shape index (κ2) is 7.66. The van der Waals surface area contributed by atoms with E-state index in [1.165, 1.54) is 5.56 Å². The summed E-state index contributed by atoms with van der Waals surface area (Å²) in [6.45, 7) is 4.32. The first-order valence-electron chi connectivity index (χ1n) is 7.24. The number of hydrogen-bond acceptors (Lipinski definition) is 1. The van der Waals surface area contributed by atoms with E-state index in [9.17, 15) is 4.79 Å². The van der Waals surface area contributed by atoms with Crippen LogP contribution in [0.15, 0.2) is 48.5 Å². The lowest BCUT2D eigenvalue weighted by atomic mass is 10.1. The van der Waals surface area contributed by atoms with E-state index in [1.54, 1.807) is 11.8 Å². The Balaban J connectivity index is 2.18. The number of aryl methyl sites for hydroxylation is 1. The third-order valence-corrected chi connectivity index (χ3v) is 4.01. The van der Waals surface area contributed by atoms with Crippen LogP contribution < -0.4 is 4.90 Å². The number of carbonyl (C=O) groups excluding carboxylic acids is 1. The van der Waals surface area contributed by atoms with Crippen LogP contribution in [0.4, 0.5) is 5.69 Å². The van der Waals surface area contributed by atoms with Crippen molar-refractivity contribution in [3.05, 3.63) is 64.7 Å². The number of halogens is 2. The Morgan fingerprint density at radius 2 is 1.86 bits per heavy atom. The average molecular weight is 336 g/mol. The van der Waals surface area contributed by atoms with Gasteiger partial charge in [0.2, 0.25) is 5.91 Å². The standard InChI is InChI=1S/C18H19Cl2NO/c1-13-12-16(20)9-8-15(13)10-11-21(18(22)14(2)19)17-6-4-3-5-7-17/h3-9,12,14H,10-11H2,1-2H3. The molecule has 0 radical (unpaired) electrons. The minimum atomic E-state index is -0.550. The van der Waals surface area contributed by atoms with Gasteiger partial charge in [-0.05, 0) is 55.7 Å². The molecule has 0 bridgehead atoms. The van der Waals surface area contributed by atoms with E-state index in [1.807, 2.05) is 55.5 Å². The second-order valence-electron chi connectivity index (χ2n) is 5.26. The summed E-state index contributed by atoms with van der Waals surface area (Å²) in [5.41, 5.74) is 3.18. The van der Waals surface area contributed by atoms with Gasteiger partial charge in [-0.2, -0.15) is 0 Å². The smallest absolute Gasteiger partial charge is 0.244 e. The van der Waals surface area contributed by atoms with Crippen molar-refractivity contribution in [1.29, 1.82) is 0 Å². The molecular formula is C18H19Cl2NO. The number of amides is 1. The van der Waals surface area contributed by atoms with Gasteiger partial charge in [0.1, 0.15) is 5.38 Å². The van der Waals surface area contributed by atoms with Gasteiger partial charge in [0.25, 0.3) is 0 Å². The van der Waals surface area contributed by atoms with E-state index in [4.69, 9.17) is 23.2 Å². The predicted molar refractivity (Wildman–Crippen MR) is 94.0 cm³/mol. The molecule has 0 aromatic heterocycles. The summed E-state index contributed by atoms with van der Waals surface area (Å²) >= 11 is 12.0. The maximum atomic E-state index is 12.4. The van der Waals surface area contributed by atoms with Gasteiger partial charge in [-0.15, -0.1) is 11.6 Å². The topological polar surface area (TPSA) is 20.3 Å². The van der Waals surface area contributed by atoms with Crippen LogP contribution in [0.5, 0.6) is 0 Å².